The molecule has 1 aromatic heterocycles. The van der Waals surface area contributed by atoms with Crippen LogP contribution >= 0.6 is 0 Å². The highest BCUT2D eigenvalue weighted by Gasteiger charge is 2.13. The first-order chi connectivity index (χ1) is 14.3. The quantitative estimate of drug-likeness (QED) is 0.680. The summed E-state index contributed by atoms with van der Waals surface area (Å²) in [4.78, 5) is 7.34. The van der Waals surface area contributed by atoms with Crippen LogP contribution in [-0.2, 0) is 11.3 Å². The first kappa shape index (κ1) is 20.4. The molecule has 2 aromatic rings. The lowest BCUT2D eigenvalue weighted by Crippen LogP contribution is -2.45. The van der Waals surface area contributed by atoms with Gasteiger partial charge in [0.15, 0.2) is 0 Å². The Labute approximate surface area is 174 Å². The maximum Gasteiger partial charge on any atom is 0.119 e. The minimum absolute atomic E-state index is 0.749. The SMILES string of the molecule is CN1CCN(CCOc2ccc(-c3cccn3CCN3CCOCC3)cc2)CC1. The van der Waals surface area contributed by atoms with Crippen molar-refractivity contribution in [2.24, 2.45) is 0 Å². The summed E-state index contributed by atoms with van der Waals surface area (Å²) in [5.74, 6) is 0.953. The Morgan fingerprint density at radius 1 is 0.828 bits per heavy atom. The highest BCUT2D eigenvalue weighted by molar-refractivity contribution is 5.61. The zero-order valence-electron chi connectivity index (χ0n) is 17.6. The number of benzene rings is 1. The lowest BCUT2D eigenvalue weighted by Gasteiger charge is -2.32. The molecule has 0 N–H and O–H groups in total. The summed E-state index contributed by atoms with van der Waals surface area (Å²) in [5.41, 5.74) is 2.51. The van der Waals surface area contributed by atoms with Crippen LogP contribution in [0, 0.1) is 0 Å². The van der Waals surface area contributed by atoms with Gasteiger partial charge in [-0.15, -0.1) is 0 Å². The van der Waals surface area contributed by atoms with Crippen LogP contribution in [0.25, 0.3) is 11.3 Å². The summed E-state index contributed by atoms with van der Waals surface area (Å²) in [7, 11) is 2.19. The normalized spacial score (nSPS) is 19.5. The van der Waals surface area contributed by atoms with E-state index in [4.69, 9.17) is 9.47 Å². The van der Waals surface area contributed by atoms with E-state index in [0.717, 1.165) is 84.5 Å². The van der Waals surface area contributed by atoms with Crippen LogP contribution in [0.3, 0.4) is 0 Å². The fraction of sp³-hybridized carbons (Fsp3) is 0.565. The molecule has 2 aliphatic heterocycles. The fourth-order valence-electron chi connectivity index (χ4n) is 4.03. The number of likely N-dealkylation sites (N-methyl/N-ethyl adjacent to an activating group) is 1. The summed E-state index contributed by atoms with van der Waals surface area (Å²) in [6.07, 6.45) is 2.18. The van der Waals surface area contributed by atoms with Gasteiger partial charge in [-0.05, 0) is 49.0 Å². The van der Waals surface area contributed by atoms with Crippen LogP contribution in [0.1, 0.15) is 0 Å². The third-order valence-corrected chi connectivity index (χ3v) is 6.01. The summed E-state index contributed by atoms with van der Waals surface area (Å²) in [5, 5.41) is 0. The van der Waals surface area contributed by atoms with Crippen molar-refractivity contribution < 1.29 is 9.47 Å². The average Bonchev–Trinajstić information content (AvgIpc) is 3.24. The molecule has 0 amide bonds. The van der Waals surface area contributed by atoms with Gasteiger partial charge in [0.05, 0.1) is 13.2 Å². The molecule has 1 aromatic carbocycles. The molecule has 6 heteroatoms. The highest BCUT2D eigenvalue weighted by Crippen LogP contribution is 2.23. The third-order valence-electron chi connectivity index (χ3n) is 6.01. The van der Waals surface area contributed by atoms with Gasteiger partial charge in [-0.1, -0.05) is 0 Å². The van der Waals surface area contributed by atoms with E-state index in [9.17, 15) is 0 Å². The molecular weight excluding hydrogens is 364 g/mol. The van der Waals surface area contributed by atoms with Crippen LogP contribution < -0.4 is 4.74 Å². The molecule has 2 saturated heterocycles. The lowest BCUT2D eigenvalue weighted by atomic mass is 10.1. The van der Waals surface area contributed by atoms with Crippen molar-refractivity contribution in [1.29, 1.82) is 0 Å². The van der Waals surface area contributed by atoms with Crippen LogP contribution in [-0.4, -0.2) is 98.5 Å². The third kappa shape index (κ3) is 5.82. The number of aromatic nitrogens is 1. The molecule has 0 radical (unpaired) electrons. The van der Waals surface area contributed by atoms with Crippen molar-refractivity contribution in [3.05, 3.63) is 42.6 Å². The number of nitrogens with zero attached hydrogens (tertiary/aromatic N) is 4. The van der Waals surface area contributed by atoms with E-state index in [2.05, 4.69) is 68.9 Å². The van der Waals surface area contributed by atoms with Gasteiger partial charge >= 0.3 is 0 Å². The summed E-state index contributed by atoms with van der Waals surface area (Å²) >= 11 is 0. The van der Waals surface area contributed by atoms with Gasteiger partial charge in [0.2, 0.25) is 0 Å². The minimum Gasteiger partial charge on any atom is -0.492 e. The molecule has 0 atom stereocenters. The Morgan fingerprint density at radius 2 is 1.55 bits per heavy atom. The van der Waals surface area contributed by atoms with Crippen LogP contribution in [0.15, 0.2) is 42.6 Å². The van der Waals surface area contributed by atoms with Gasteiger partial charge in [-0.2, -0.15) is 0 Å². The molecular formula is C23H34N4O2. The van der Waals surface area contributed by atoms with E-state index in [1.54, 1.807) is 0 Å². The molecule has 29 heavy (non-hydrogen) atoms. The zero-order chi connectivity index (χ0) is 19.9. The van der Waals surface area contributed by atoms with Gasteiger partial charge in [-0.25, -0.2) is 0 Å². The van der Waals surface area contributed by atoms with E-state index in [1.807, 2.05) is 0 Å². The molecule has 0 unspecified atom stereocenters. The molecule has 0 bridgehead atoms. The van der Waals surface area contributed by atoms with Crippen molar-refractivity contribution >= 4 is 0 Å². The summed E-state index contributed by atoms with van der Waals surface area (Å²) in [6.45, 7) is 12.2. The van der Waals surface area contributed by atoms with Crippen molar-refractivity contribution in [3.63, 3.8) is 0 Å². The molecule has 158 valence electrons. The van der Waals surface area contributed by atoms with Crippen LogP contribution in [0.2, 0.25) is 0 Å². The van der Waals surface area contributed by atoms with E-state index in [0.29, 0.717) is 0 Å². The van der Waals surface area contributed by atoms with Gasteiger partial charge < -0.3 is 18.9 Å². The molecule has 2 aliphatic rings. The molecule has 6 nitrogen and oxygen atoms in total. The average molecular weight is 399 g/mol. The summed E-state index contributed by atoms with van der Waals surface area (Å²) in [6, 6.07) is 12.9. The van der Waals surface area contributed by atoms with Gasteiger partial charge in [-0.3, -0.25) is 9.80 Å². The number of hydrogen-bond acceptors (Lipinski definition) is 5. The second-order valence-electron chi connectivity index (χ2n) is 8.06. The predicted octanol–water partition coefficient (Wildman–Crippen LogP) is 2.11. The monoisotopic (exact) mass is 398 g/mol. The second-order valence-corrected chi connectivity index (χ2v) is 8.06. The van der Waals surface area contributed by atoms with Crippen LogP contribution in [0.5, 0.6) is 5.75 Å². The first-order valence-electron chi connectivity index (χ1n) is 10.9. The standard InChI is InChI=1S/C23H34N4O2/c1-24-9-11-25(12-10-24)17-20-29-22-6-4-21(5-7-22)23-3-2-8-27(23)14-13-26-15-18-28-19-16-26/h2-8H,9-20H2,1H3. The van der Waals surface area contributed by atoms with Gasteiger partial charge in [0.1, 0.15) is 12.4 Å². The van der Waals surface area contributed by atoms with Crippen molar-refractivity contribution in [1.82, 2.24) is 19.3 Å². The molecule has 3 heterocycles. The minimum atomic E-state index is 0.749. The number of morpholine rings is 1. The second kappa shape index (κ2) is 10.3. The van der Waals surface area contributed by atoms with E-state index in [-0.39, 0.29) is 0 Å². The highest BCUT2D eigenvalue weighted by atomic mass is 16.5. The predicted molar refractivity (Wildman–Crippen MR) is 117 cm³/mol. The number of rotatable bonds is 8. The Balaban J connectivity index is 1.26. The maximum atomic E-state index is 5.98. The van der Waals surface area contributed by atoms with E-state index >= 15 is 0 Å². The van der Waals surface area contributed by atoms with Crippen molar-refractivity contribution in [3.8, 4) is 17.0 Å². The number of ether oxygens (including phenoxy) is 2. The lowest BCUT2D eigenvalue weighted by molar-refractivity contribution is 0.0364. The van der Waals surface area contributed by atoms with E-state index < -0.39 is 0 Å². The Kier molecular flexibility index (Phi) is 7.22. The van der Waals surface area contributed by atoms with Gasteiger partial charge in [0, 0.05) is 70.8 Å². The Hall–Kier alpha value is -1.86. The van der Waals surface area contributed by atoms with Crippen molar-refractivity contribution in [2.75, 3.05) is 79.2 Å². The van der Waals surface area contributed by atoms with E-state index in [1.165, 1.54) is 11.3 Å². The van der Waals surface area contributed by atoms with Gasteiger partial charge in [0.25, 0.3) is 0 Å². The number of hydrogen-bond donors (Lipinski definition) is 0. The Bertz CT molecular complexity index is 732. The Morgan fingerprint density at radius 3 is 2.31 bits per heavy atom. The maximum absolute atomic E-state index is 5.98. The largest absolute Gasteiger partial charge is 0.492 e. The topological polar surface area (TPSA) is 33.1 Å². The molecule has 4 rings (SSSR count). The molecule has 0 aliphatic carbocycles. The first-order valence-corrected chi connectivity index (χ1v) is 10.9. The smallest absolute Gasteiger partial charge is 0.119 e. The molecule has 0 spiro atoms. The molecule has 2 fully saturated rings. The summed E-state index contributed by atoms with van der Waals surface area (Å²) < 4.78 is 13.8. The number of piperazine rings is 1. The van der Waals surface area contributed by atoms with Crippen LogP contribution in [0.4, 0.5) is 0 Å². The van der Waals surface area contributed by atoms with Crippen molar-refractivity contribution in [2.45, 2.75) is 6.54 Å². The fourth-order valence-corrected chi connectivity index (χ4v) is 4.03. The zero-order valence-corrected chi connectivity index (χ0v) is 17.6. The molecule has 0 saturated carbocycles.